The van der Waals surface area contributed by atoms with E-state index in [2.05, 4.69) is 42.7 Å². The number of rotatable bonds is 10. The number of anilines is 4. The van der Waals surface area contributed by atoms with E-state index in [1.807, 2.05) is 24.4 Å². The van der Waals surface area contributed by atoms with Gasteiger partial charge in [-0.1, -0.05) is 35.9 Å². The minimum atomic E-state index is -3.54. The number of benzene rings is 2. The van der Waals surface area contributed by atoms with E-state index in [1.54, 1.807) is 49.9 Å². The normalized spacial score (nSPS) is 14.7. The molecule has 222 valence electrons. The summed E-state index contributed by atoms with van der Waals surface area (Å²) in [5.74, 6) is 1.84. The number of nitrogens with zero attached hydrogens (tertiary/aromatic N) is 6. The van der Waals surface area contributed by atoms with E-state index in [0.29, 0.717) is 17.1 Å². The lowest BCUT2D eigenvalue weighted by Gasteiger charge is -2.29. The number of nitrogens with one attached hydrogen (secondary N) is 2. The number of ether oxygens (including phenoxy) is 1. The van der Waals surface area contributed by atoms with Crippen molar-refractivity contribution in [2.24, 2.45) is 5.92 Å². The molecule has 0 spiro atoms. The zero-order chi connectivity index (χ0) is 29.9. The Bertz CT molecular complexity index is 1650. The Morgan fingerprint density at radius 2 is 1.86 bits per heavy atom. The molecule has 1 fully saturated rings. The average Bonchev–Trinajstić information content (AvgIpc) is 3.45. The van der Waals surface area contributed by atoms with Crippen LogP contribution in [-0.4, -0.2) is 63.7 Å². The molecule has 5 rings (SSSR count). The number of para-hydroxylation sites is 1. The number of sulfone groups is 1. The monoisotopic (exact) mass is 610 g/mol. The summed E-state index contributed by atoms with van der Waals surface area (Å²) in [6, 6.07) is 12.3. The molecule has 1 aliphatic rings. The molecule has 2 N–H and O–H groups in total. The molecule has 4 aromatic rings. The maximum Gasteiger partial charge on any atom is 0.229 e. The van der Waals surface area contributed by atoms with Crippen LogP contribution >= 0.6 is 11.6 Å². The molecule has 0 amide bonds. The molecule has 0 saturated carbocycles. The van der Waals surface area contributed by atoms with Gasteiger partial charge in [-0.15, -0.1) is 5.10 Å². The third-order valence-corrected chi connectivity index (χ3v) is 9.80. The second-order valence-electron chi connectivity index (χ2n) is 10.7. The van der Waals surface area contributed by atoms with Crippen molar-refractivity contribution in [2.45, 2.75) is 50.3 Å². The Morgan fingerprint density at radius 3 is 2.60 bits per heavy atom. The molecule has 1 saturated heterocycles. The Hall–Kier alpha value is -3.74. The highest BCUT2D eigenvalue weighted by molar-refractivity contribution is 7.92. The summed E-state index contributed by atoms with van der Waals surface area (Å²) in [5.41, 5.74) is 2.72. The third kappa shape index (κ3) is 6.66. The van der Waals surface area contributed by atoms with Crippen molar-refractivity contribution in [1.82, 2.24) is 29.9 Å². The second kappa shape index (κ2) is 12.6. The van der Waals surface area contributed by atoms with E-state index in [0.717, 1.165) is 36.9 Å². The van der Waals surface area contributed by atoms with Crippen LogP contribution in [0, 0.1) is 5.92 Å². The van der Waals surface area contributed by atoms with Crippen LogP contribution in [0.1, 0.15) is 39.3 Å². The van der Waals surface area contributed by atoms with E-state index in [4.69, 9.17) is 16.3 Å². The summed E-state index contributed by atoms with van der Waals surface area (Å²) in [6.07, 6.45) is 5.81. The first kappa shape index (κ1) is 29.7. The number of methoxy groups -OCH3 is 1. The van der Waals surface area contributed by atoms with Gasteiger partial charge < -0.3 is 15.4 Å². The standard InChI is InChI=1S/C29H35ClN8O3S/c1-19(2)42(39,40)27-8-6-5-7-25(27)32-28-23(30)16-31-29(34-28)33-24-10-9-22(15-26(24)41-4)38-18-21(35-36-38)17-37-13-11-20(3)12-14-37/h5-10,15-16,18-20H,11-14,17H2,1-4H3,(H2,31,32,33,34). The predicted molar refractivity (Wildman–Crippen MR) is 164 cm³/mol. The van der Waals surface area contributed by atoms with Gasteiger partial charge in [-0.25, -0.2) is 18.1 Å². The molecule has 42 heavy (non-hydrogen) atoms. The minimum Gasteiger partial charge on any atom is -0.494 e. The summed E-state index contributed by atoms with van der Waals surface area (Å²) >= 11 is 6.39. The molecule has 0 radical (unpaired) electrons. The highest BCUT2D eigenvalue weighted by atomic mass is 35.5. The van der Waals surface area contributed by atoms with Gasteiger partial charge in [-0.2, -0.15) is 4.98 Å². The van der Waals surface area contributed by atoms with Gasteiger partial charge in [0.15, 0.2) is 15.7 Å². The molecule has 0 unspecified atom stereocenters. The fourth-order valence-corrected chi connectivity index (χ4v) is 6.05. The van der Waals surface area contributed by atoms with E-state index >= 15 is 0 Å². The van der Waals surface area contributed by atoms with Crippen molar-refractivity contribution in [3.05, 3.63) is 65.6 Å². The quantitative estimate of drug-likeness (QED) is 0.233. The highest BCUT2D eigenvalue weighted by Crippen LogP contribution is 2.33. The van der Waals surface area contributed by atoms with E-state index in [9.17, 15) is 8.42 Å². The van der Waals surface area contributed by atoms with Crippen LogP contribution in [0.3, 0.4) is 0 Å². The molecule has 11 nitrogen and oxygen atoms in total. The van der Waals surface area contributed by atoms with Crippen molar-refractivity contribution in [3.63, 3.8) is 0 Å². The largest absolute Gasteiger partial charge is 0.494 e. The van der Waals surface area contributed by atoms with Crippen LogP contribution < -0.4 is 15.4 Å². The molecule has 0 aliphatic carbocycles. The van der Waals surface area contributed by atoms with Gasteiger partial charge in [0.2, 0.25) is 5.95 Å². The third-order valence-electron chi connectivity index (χ3n) is 7.31. The van der Waals surface area contributed by atoms with Crippen molar-refractivity contribution in [2.75, 3.05) is 30.8 Å². The first-order chi connectivity index (χ1) is 20.1. The lowest BCUT2D eigenvalue weighted by Crippen LogP contribution is -2.32. The van der Waals surface area contributed by atoms with Gasteiger partial charge in [0, 0.05) is 12.6 Å². The molecule has 2 aromatic carbocycles. The van der Waals surface area contributed by atoms with Gasteiger partial charge >= 0.3 is 0 Å². The highest BCUT2D eigenvalue weighted by Gasteiger charge is 2.23. The van der Waals surface area contributed by atoms with E-state index in [1.165, 1.54) is 19.0 Å². The van der Waals surface area contributed by atoms with Crippen molar-refractivity contribution >= 4 is 44.6 Å². The van der Waals surface area contributed by atoms with Crippen LogP contribution in [0.5, 0.6) is 5.75 Å². The second-order valence-corrected chi connectivity index (χ2v) is 13.6. The summed E-state index contributed by atoms with van der Waals surface area (Å²) in [5, 5.41) is 14.6. The maximum absolute atomic E-state index is 12.9. The lowest BCUT2D eigenvalue weighted by molar-refractivity contribution is 0.183. The number of piperidine rings is 1. The number of halogens is 1. The first-order valence-electron chi connectivity index (χ1n) is 13.9. The van der Waals surface area contributed by atoms with Crippen LogP contribution in [0.25, 0.3) is 5.69 Å². The summed E-state index contributed by atoms with van der Waals surface area (Å²) in [4.78, 5) is 11.4. The molecule has 1 aliphatic heterocycles. The van der Waals surface area contributed by atoms with E-state index in [-0.39, 0.29) is 21.7 Å². The van der Waals surface area contributed by atoms with Gasteiger partial charge in [-0.3, -0.25) is 4.90 Å². The van der Waals surface area contributed by atoms with Gasteiger partial charge in [-0.05, 0) is 70.0 Å². The first-order valence-corrected chi connectivity index (χ1v) is 15.8. The van der Waals surface area contributed by atoms with Crippen molar-refractivity contribution in [1.29, 1.82) is 0 Å². The summed E-state index contributed by atoms with van der Waals surface area (Å²) in [7, 11) is -1.96. The Balaban J connectivity index is 1.33. The van der Waals surface area contributed by atoms with Crippen LogP contribution in [0.15, 0.2) is 59.8 Å². The van der Waals surface area contributed by atoms with E-state index < -0.39 is 15.1 Å². The van der Waals surface area contributed by atoms with Gasteiger partial charge in [0.05, 0.1) is 52.4 Å². The average molecular weight is 611 g/mol. The van der Waals surface area contributed by atoms with Crippen molar-refractivity contribution in [3.8, 4) is 11.4 Å². The fraction of sp³-hybridized carbons (Fsp3) is 0.379. The number of aromatic nitrogens is 5. The molecular formula is C29H35ClN8O3S. The number of hydrogen-bond donors (Lipinski definition) is 2. The molecule has 0 atom stereocenters. The summed E-state index contributed by atoms with van der Waals surface area (Å²) < 4.78 is 33.2. The lowest BCUT2D eigenvalue weighted by atomic mass is 9.99. The number of hydrogen-bond acceptors (Lipinski definition) is 10. The van der Waals surface area contributed by atoms with Crippen LogP contribution in [0.2, 0.25) is 5.02 Å². The number of likely N-dealkylation sites (tertiary alicyclic amines) is 1. The zero-order valence-corrected chi connectivity index (χ0v) is 25.7. The van der Waals surface area contributed by atoms with Crippen LogP contribution in [0.4, 0.5) is 23.1 Å². The molecular weight excluding hydrogens is 576 g/mol. The van der Waals surface area contributed by atoms with Crippen LogP contribution in [-0.2, 0) is 16.4 Å². The molecule has 0 bridgehead atoms. The Kier molecular flexibility index (Phi) is 8.95. The van der Waals surface area contributed by atoms with Crippen molar-refractivity contribution < 1.29 is 13.2 Å². The summed E-state index contributed by atoms with van der Waals surface area (Å²) in [6.45, 7) is 8.52. The predicted octanol–water partition coefficient (Wildman–Crippen LogP) is 5.62. The maximum atomic E-state index is 12.9. The smallest absolute Gasteiger partial charge is 0.229 e. The fourth-order valence-electron chi connectivity index (χ4n) is 4.71. The Labute approximate surface area is 251 Å². The van der Waals surface area contributed by atoms with Gasteiger partial charge in [0.25, 0.3) is 0 Å². The van der Waals surface area contributed by atoms with Gasteiger partial charge in [0.1, 0.15) is 10.8 Å². The zero-order valence-electron chi connectivity index (χ0n) is 24.1. The molecule has 2 aromatic heterocycles. The molecule has 13 heteroatoms. The Morgan fingerprint density at radius 1 is 1.10 bits per heavy atom. The topological polar surface area (TPSA) is 127 Å². The minimum absolute atomic E-state index is 0.170. The SMILES string of the molecule is COc1cc(-n2cc(CN3CCC(C)CC3)nn2)ccc1Nc1ncc(Cl)c(Nc2ccccc2S(=O)(=O)C(C)C)n1. The molecule has 3 heterocycles.